The van der Waals surface area contributed by atoms with Gasteiger partial charge in [-0.1, -0.05) is 44.7 Å². The van der Waals surface area contributed by atoms with E-state index in [9.17, 15) is 4.79 Å². The van der Waals surface area contributed by atoms with E-state index >= 15 is 0 Å². The summed E-state index contributed by atoms with van der Waals surface area (Å²) in [5.74, 6) is 1.71. The first-order chi connectivity index (χ1) is 6.26. The van der Waals surface area contributed by atoms with E-state index in [1.165, 1.54) is 6.08 Å². The molecule has 0 aromatic carbocycles. The summed E-state index contributed by atoms with van der Waals surface area (Å²) in [5, 5.41) is 0. The second kappa shape index (κ2) is 10.4. The van der Waals surface area contributed by atoms with Gasteiger partial charge in [0.2, 0.25) is 5.78 Å². The summed E-state index contributed by atoms with van der Waals surface area (Å²) in [7, 11) is 0. The highest BCUT2D eigenvalue weighted by molar-refractivity contribution is 6.10. The maximum absolute atomic E-state index is 10.9. The molecule has 0 bridgehead atoms. The van der Waals surface area contributed by atoms with Gasteiger partial charge in [-0.2, -0.15) is 0 Å². The second-order valence-corrected chi connectivity index (χ2v) is 1.83. The minimum atomic E-state index is -0.317. The van der Waals surface area contributed by atoms with Gasteiger partial charge in [-0.25, -0.2) is 0 Å². The first kappa shape index (κ1) is 14.0. The SMILES string of the molecule is C#CC(=O)C(/C=C\C)=C/C=C.CC. The maximum atomic E-state index is 10.9. The van der Waals surface area contributed by atoms with Crippen LogP contribution >= 0.6 is 0 Å². The normalized spacial score (nSPS) is 9.85. The number of Topliss-reactive ketones (excluding diaryl/α,β-unsaturated/α-hetero) is 1. The van der Waals surface area contributed by atoms with Crippen LogP contribution in [-0.2, 0) is 4.79 Å². The summed E-state index contributed by atoms with van der Waals surface area (Å²) < 4.78 is 0. The molecule has 0 rings (SSSR count). The molecule has 0 spiro atoms. The zero-order valence-electron chi connectivity index (χ0n) is 8.50. The molecular formula is C12H16O. The maximum Gasteiger partial charge on any atom is 0.235 e. The zero-order chi connectivity index (χ0) is 10.7. The highest BCUT2D eigenvalue weighted by atomic mass is 16.1. The van der Waals surface area contributed by atoms with E-state index in [0.717, 1.165) is 0 Å². The molecule has 0 unspecified atom stereocenters. The first-order valence-electron chi connectivity index (χ1n) is 4.22. The van der Waals surface area contributed by atoms with E-state index in [-0.39, 0.29) is 5.78 Å². The van der Waals surface area contributed by atoms with Crippen molar-refractivity contribution in [2.45, 2.75) is 20.8 Å². The molecule has 13 heavy (non-hydrogen) atoms. The molecule has 0 saturated carbocycles. The number of carbonyl (C=O) groups excluding carboxylic acids is 1. The van der Waals surface area contributed by atoms with Gasteiger partial charge in [0, 0.05) is 5.57 Å². The van der Waals surface area contributed by atoms with Crippen LogP contribution in [0.2, 0.25) is 0 Å². The number of allylic oxidation sites excluding steroid dienone is 5. The van der Waals surface area contributed by atoms with Gasteiger partial charge in [0.15, 0.2) is 0 Å². The van der Waals surface area contributed by atoms with E-state index in [0.29, 0.717) is 5.57 Å². The third-order valence-corrected chi connectivity index (χ3v) is 1.04. The third-order valence-electron chi connectivity index (χ3n) is 1.04. The van der Waals surface area contributed by atoms with Crippen molar-refractivity contribution in [1.29, 1.82) is 0 Å². The van der Waals surface area contributed by atoms with Crippen LogP contribution in [0.3, 0.4) is 0 Å². The van der Waals surface area contributed by atoms with Crippen molar-refractivity contribution in [1.82, 2.24) is 0 Å². The minimum absolute atomic E-state index is 0.317. The van der Waals surface area contributed by atoms with Gasteiger partial charge in [-0.05, 0) is 12.8 Å². The van der Waals surface area contributed by atoms with Crippen molar-refractivity contribution in [2.24, 2.45) is 0 Å². The fraction of sp³-hybridized carbons (Fsp3) is 0.250. The van der Waals surface area contributed by atoms with Crippen molar-refractivity contribution in [3.05, 3.63) is 36.5 Å². The summed E-state index contributed by atoms with van der Waals surface area (Å²) in [6, 6.07) is 0. The van der Waals surface area contributed by atoms with E-state index in [1.807, 2.05) is 26.7 Å². The van der Waals surface area contributed by atoms with Gasteiger partial charge in [0.1, 0.15) is 0 Å². The van der Waals surface area contributed by atoms with Gasteiger partial charge in [-0.15, -0.1) is 6.42 Å². The van der Waals surface area contributed by atoms with Crippen LogP contribution in [0.1, 0.15) is 20.8 Å². The molecule has 0 N–H and O–H groups in total. The molecular weight excluding hydrogens is 160 g/mol. The highest BCUT2D eigenvalue weighted by Crippen LogP contribution is 1.98. The summed E-state index contributed by atoms with van der Waals surface area (Å²) in [6.07, 6.45) is 11.5. The van der Waals surface area contributed by atoms with Gasteiger partial charge in [0.25, 0.3) is 0 Å². The Labute approximate surface area is 80.9 Å². The quantitative estimate of drug-likeness (QED) is 0.280. The molecule has 0 aliphatic heterocycles. The third kappa shape index (κ3) is 6.83. The second-order valence-electron chi connectivity index (χ2n) is 1.83. The van der Waals surface area contributed by atoms with Crippen LogP contribution in [0.15, 0.2) is 36.5 Å². The topological polar surface area (TPSA) is 17.1 Å². The number of rotatable bonds is 3. The lowest BCUT2D eigenvalue weighted by Gasteiger charge is -1.89. The predicted molar refractivity (Wildman–Crippen MR) is 58.3 cm³/mol. The molecule has 0 heterocycles. The Bertz CT molecular complexity index is 249. The number of hydrogen-bond donors (Lipinski definition) is 0. The molecule has 0 aromatic rings. The smallest absolute Gasteiger partial charge is 0.235 e. The molecule has 0 fully saturated rings. The molecule has 0 radical (unpaired) electrons. The Morgan fingerprint density at radius 3 is 2.31 bits per heavy atom. The van der Waals surface area contributed by atoms with Crippen LogP contribution in [0, 0.1) is 12.3 Å². The minimum Gasteiger partial charge on any atom is -0.279 e. The lowest BCUT2D eigenvalue weighted by Crippen LogP contribution is -1.94. The van der Waals surface area contributed by atoms with Gasteiger partial charge < -0.3 is 0 Å². The Hall–Kier alpha value is -1.55. The highest BCUT2D eigenvalue weighted by Gasteiger charge is 1.98. The van der Waals surface area contributed by atoms with Crippen LogP contribution in [0.25, 0.3) is 0 Å². The van der Waals surface area contributed by atoms with Gasteiger partial charge >= 0.3 is 0 Å². The summed E-state index contributed by atoms with van der Waals surface area (Å²) in [5.41, 5.74) is 0.491. The van der Waals surface area contributed by atoms with Crippen LogP contribution in [-0.4, -0.2) is 5.78 Å². The van der Waals surface area contributed by atoms with E-state index in [4.69, 9.17) is 6.42 Å². The Morgan fingerprint density at radius 1 is 1.46 bits per heavy atom. The molecule has 0 aliphatic rings. The monoisotopic (exact) mass is 176 g/mol. The molecule has 70 valence electrons. The number of terminal acetylenes is 1. The largest absolute Gasteiger partial charge is 0.279 e. The van der Waals surface area contributed by atoms with Crippen molar-refractivity contribution < 1.29 is 4.79 Å². The number of carbonyl (C=O) groups is 1. The van der Waals surface area contributed by atoms with E-state index in [1.54, 1.807) is 18.2 Å². The Kier molecular flexibility index (Phi) is 11.3. The standard InChI is InChI=1S/C10H10O.C2H6/c1-4-7-9(8-5-2)10(11)6-3;1-2/h3-5,7-8H,1H2,2H3;1-2H3/b8-5-,9-7+;. The molecule has 0 saturated heterocycles. The lowest BCUT2D eigenvalue weighted by molar-refractivity contribution is -0.110. The average molecular weight is 176 g/mol. The van der Waals surface area contributed by atoms with Crippen LogP contribution in [0.4, 0.5) is 0 Å². The molecule has 0 atom stereocenters. The molecule has 0 amide bonds. The van der Waals surface area contributed by atoms with Crippen molar-refractivity contribution in [3.63, 3.8) is 0 Å². The fourth-order valence-electron chi connectivity index (χ4n) is 0.597. The Morgan fingerprint density at radius 2 is 2.00 bits per heavy atom. The summed E-state index contributed by atoms with van der Waals surface area (Å²) >= 11 is 0. The molecule has 1 heteroatoms. The lowest BCUT2D eigenvalue weighted by atomic mass is 10.1. The van der Waals surface area contributed by atoms with Crippen molar-refractivity contribution in [2.75, 3.05) is 0 Å². The molecule has 0 aliphatic carbocycles. The van der Waals surface area contributed by atoms with Crippen LogP contribution in [0.5, 0.6) is 0 Å². The van der Waals surface area contributed by atoms with E-state index < -0.39 is 0 Å². The molecule has 0 aromatic heterocycles. The van der Waals surface area contributed by atoms with Gasteiger partial charge in [-0.3, -0.25) is 4.79 Å². The summed E-state index contributed by atoms with van der Waals surface area (Å²) in [6.45, 7) is 9.29. The zero-order valence-corrected chi connectivity index (χ0v) is 8.50. The fourth-order valence-corrected chi connectivity index (χ4v) is 0.597. The van der Waals surface area contributed by atoms with Crippen LogP contribution < -0.4 is 0 Å². The first-order valence-corrected chi connectivity index (χ1v) is 4.22. The van der Waals surface area contributed by atoms with Gasteiger partial charge in [0.05, 0.1) is 0 Å². The average Bonchev–Trinajstić information content (AvgIpc) is 2.19. The summed E-state index contributed by atoms with van der Waals surface area (Å²) in [4.78, 5) is 10.9. The van der Waals surface area contributed by atoms with Crippen molar-refractivity contribution in [3.8, 4) is 12.3 Å². The predicted octanol–water partition coefficient (Wildman–Crippen LogP) is 2.90. The van der Waals surface area contributed by atoms with E-state index in [2.05, 4.69) is 6.58 Å². The number of hydrogen-bond acceptors (Lipinski definition) is 1. The van der Waals surface area contributed by atoms with Crippen molar-refractivity contribution >= 4 is 5.78 Å². The Balaban J connectivity index is 0. The number of ketones is 1. The molecule has 1 nitrogen and oxygen atoms in total.